The third-order valence-electron chi connectivity index (χ3n) is 4.77. The lowest BCUT2D eigenvalue weighted by Gasteiger charge is -2.10. The van der Waals surface area contributed by atoms with Crippen LogP contribution in [0.25, 0.3) is 11.1 Å². The lowest BCUT2D eigenvalue weighted by molar-refractivity contribution is 0.766. The summed E-state index contributed by atoms with van der Waals surface area (Å²) in [6.07, 6.45) is 0. The summed E-state index contributed by atoms with van der Waals surface area (Å²) in [5, 5.41) is 0. The zero-order chi connectivity index (χ0) is 19.8. The Balaban J connectivity index is 1.93. The van der Waals surface area contributed by atoms with Gasteiger partial charge in [0.2, 0.25) is 0 Å². The topological polar surface area (TPSA) is 24.7 Å². The van der Waals surface area contributed by atoms with Gasteiger partial charge in [0.25, 0.3) is 0 Å². The van der Waals surface area contributed by atoms with E-state index in [0.717, 1.165) is 11.1 Å². The van der Waals surface area contributed by atoms with Crippen LogP contribution in [-0.4, -0.2) is 19.1 Å². The molecule has 140 valence electrons. The maximum atomic E-state index is 4.38. The summed E-state index contributed by atoms with van der Waals surface area (Å²) in [6.45, 7) is 17.8. The molecule has 0 saturated heterocycles. The van der Waals surface area contributed by atoms with Crippen molar-refractivity contribution in [2.24, 2.45) is 9.98 Å². The quantitative estimate of drug-likeness (QED) is 0.462. The number of hydrogen-bond acceptors (Lipinski definition) is 2. The number of aliphatic imine (C=N–C) groups is 2. The fourth-order valence-electron chi connectivity index (χ4n) is 2.84. The van der Waals surface area contributed by atoms with Crippen LogP contribution < -0.4 is 0 Å². The maximum Gasteiger partial charge on any atom is 0.0892 e. The number of allylic oxidation sites excluding steroid dienone is 2. The van der Waals surface area contributed by atoms with Gasteiger partial charge < -0.3 is 0 Å². The van der Waals surface area contributed by atoms with Crippen molar-refractivity contribution in [2.75, 3.05) is 13.1 Å². The van der Waals surface area contributed by atoms with Crippen LogP contribution in [0.2, 0.25) is 0 Å². The second-order valence-corrected chi connectivity index (χ2v) is 7.40. The summed E-state index contributed by atoms with van der Waals surface area (Å²) in [5.41, 5.74) is 7.07. The summed E-state index contributed by atoms with van der Waals surface area (Å²) in [7, 11) is 0. The fourth-order valence-corrected chi connectivity index (χ4v) is 2.84. The molecule has 2 atom stereocenters. The highest BCUT2D eigenvalue weighted by Crippen LogP contribution is 2.21. The van der Waals surface area contributed by atoms with E-state index < -0.39 is 0 Å². The average Bonchev–Trinajstić information content (AvgIpc) is 2.67. The Bertz CT molecular complexity index is 800. The molecule has 0 amide bonds. The summed E-state index contributed by atoms with van der Waals surface area (Å²) in [4.78, 5) is 8.76. The standard InChI is InChI=1S/C25H30N2/c1-18(2)22-9-7-11-24(13-22)20(5)15-26-17-27-16-21(6)25-12-8-10-23(14-25)19(3)4/h7-14,20-21H,1,3,15-16H2,2,4-6H3. The van der Waals surface area contributed by atoms with Crippen LogP contribution in [0.5, 0.6) is 0 Å². The van der Waals surface area contributed by atoms with Crippen LogP contribution in [0.15, 0.2) is 71.7 Å². The second kappa shape index (κ2) is 9.85. The number of rotatable bonds is 8. The summed E-state index contributed by atoms with van der Waals surface area (Å²) >= 11 is 0. The smallest absolute Gasteiger partial charge is 0.0892 e. The lowest BCUT2D eigenvalue weighted by atomic mass is 9.97. The van der Waals surface area contributed by atoms with Crippen molar-refractivity contribution in [3.05, 3.63) is 83.9 Å². The monoisotopic (exact) mass is 358 g/mol. The molecular weight excluding hydrogens is 328 g/mol. The van der Waals surface area contributed by atoms with Crippen LogP contribution in [-0.2, 0) is 0 Å². The van der Waals surface area contributed by atoms with E-state index in [2.05, 4.69) is 91.5 Å². The van der Waals surface area contributed by atoms with Gasteiger partial charge in [-0.05, 0) is 36.1 Å². The zero-order valence-corrected chi connectivity index (χ0v) is 17.0. The Kier molecular flexibility index (Phi) is 7.52. The van der Waals surface area contributed by atoms with Gasteiger partial charge >= 0.3 is 0 Å². The highest BCUT2D eigenvalue weighted by Gasteiger charge is 2.06. The van der Waals surface area contributed by atoms with Crippen molar-refractivity contribution in [2.45, 2.75) is 39.5 Å². The molecule has 0 saturated carbocycles. The number of benzene rings is 2. The molecular formula is C25H30N2. The van der Waals surface area contributed by atoms with Crippen LogP contribution in [0, 0.1) is 0 Å². The van der Waals surface area contributed by atoms with Gasteiger partial charge in [0, 0.05) is 11.8 Å². The van der Waals surface area contributed by atoms with Gasteiger partial charge in [0.15, 0.2) is 0 Å². The predicted molar refractivity (Wildman–Crippen MR) is 119 cm³/mol. The summed E-state index contributed by atoms with van der Waals surface area (Å²) < 4.78 is 0. The third-order valence-corrected chi connectivity index (χ3v) is 4.77. The SMILES string of the molecule is C=C(C)c1cccc(C(C)CN=C=NCC(C)c2cccc(C(=C)C)c2)c1. The largest absolute Gasteiger partial charge is 0.225 e. The van der Waals surface area contributed by atoms with Crippen molar-refractivity contribution in [3.8, 4) is 0 Å². The van der Waals surface area contributed by atoms with Crippen molar-refractivity contribution in [3.63, 3.8) is 0 Å². The van der Waals surface area contributed by atoms with E-state index in [1.165, 1.54) is 22.3 Å². The third kappa shape index (κ3) is 6.20. The first kappa shape index (κ1) is 20.6. The Hall–Kier alpha value is -2.70. The highest BCUT2D eigenvalue weighted by molar-refractivity contribution is 5.62. The molecule has 0 aliphatic rings. The minimum Gasteiger partial charge on any atom is -0.225 e. The Morgan fingerprint density at radius 3 is 1.59 bits per heavy atom. The number of nitrogens with zero attached hydrogens (tertiary/aromatic N) is 2. The molecule has 0 aromatic heterocycles. The van der Waals surface area contributed by atoms with Gasteiger partial charge in [-0.2, -0.15) is 0 Å². The zero-order valence-electron chi connectivity index (χ0n) is 17.0. The molecule has 0 heterocycles. The van der Waals surface area contributed by atoms with Crippen molar-refractivity contribution in [1.29, 1.82) is 0 Å². The van der Waals surface area contributed by atoms with Gasteiger partial charge in [-0.1, -0.05) is 86.7 Å². The Morgan fingerprint density at radius 1 is 0.815 bits per heavy atom. The first-order chi connectivity index (χ1) is 12.9. The van der Waals surface area contributed by atoms with Crippen LogP contribution in [0.4, 0.5) is 0 Å². The molecule has 0 fully saturated rings. The van der Waals surface area contributed by atoms with Gasteiger partial charge in [0.05, 0.1) is 19.1 Å². The first-order valence-corrected chi connectivity index (χ1v) is 9.48. The van der Waals surface area contributed by atoms with Crippen molar-refractivity contribution >= 4 is 17.2 Å². The van der Waals surface area contributed by atoms with Crippen molar-refractivity contribution in [1.82, 2.24) is 0 Å². The summed E-state index contributed by atoms with van der Waals surface area (Å²) in [5.74, 6) is 0.661. The van der Waals surface area contributed by atoms with E-state index in [-0.39, 0.29) is 0 Å². The molecule has 2 rings (SSSR count). The minimum absolute atomic E-state index is 0.330. The van der Waals surface area contributed by atoms with Gasteiger partial charge in [-0.25, -0.2) is 9.98 Å². The maximum absolute atomic E-state index is 4.38. The van der Waals surface area contributed by atoms with E-state index in [9.17, 15) is 0 Å². The first-order valence-electron chi connectivity index (χ1n) is 9.48. The molecule has 0 aliphatic heterocycles. The van der Waals surface area contributed by atoms with Crippen LogP contribution >= 0.6 is 0 Å². The minimum atomic E-state index is 0.330. The van der Waals surface area contributed by atoms with Gasteiger partial charge in [0.1, 0.15) is 0 Å². The molecule has 0 radical (unpaired) electrons. The molecule has 0 N–H and O–H groups in total. The van der Waals surface area contributed by atoms with E-state index in [4.69, 9.17) is 0 Å². The molecule has 2 nitrogen and oxygen atoms in total. The molecule has 2 heteroatoms. The van der Waals surface area contributed by atoms with E-state index >= 15 is 0 Å². The molecule has 0 bridgehead atoms. The van der Waals surface area contributed by atoms with Crippen LogP contribution in [0.1, 0.15) is 61.8 Å². The van der Waals surface area contributed by atoms with Gasteiger partial charge in [-0.3, -0.25) is 0 Å². The van der Waals surface area contributed by atoms with E-state index in [0.29, 0.717) is 24.9 Å². The normalized spacial score (nSPS) is 12.6. The molecule has 27 heavy (non-hydrogen) atoms. The molecule has 0 spiro atoms. The van der Waals surface area contributed by atoms with E-state index in [1.54, 1.807) is 0 Å². The molecule has 0 aliphatic carbocycles. The molecule has 2 aromatic rings. The van der Waals surface area contributed by atoms with E-state index in [1.807, 2.05) is 13.8 Å². The Labute approximate surface area is 164 Å². The molecule has 2 unspecified atom stereocenters. The second-order valence-electron chi connectivity index (χ2n) is 7.40. The predicted octanol–water partition coefficient (Wildman–Crippen LogP) is 6.83. The van der Waals surface area contributed by atoms with Crippen molar-refractivity contribution < 1.29 is 0 Å². The lowest BCUT2D eigenvalue weighted by Crippen LogP contribution is -1.99. The molecule has 2 aromatic carbocycles. The van der Waals surface area contributed by atoms with Crippen LogP contribution in [0.3, 0.4) is 0 Å². The highest BCUT2D eigenvalue weighted by atomic mass is 14.8. The van der Waals surface area contributed by atoms with Gasteiger partial charge in [-0.15, -0.1) is 0 Å². The fraction of sp³-hybridized carbons (Fsp3) is 0.320. The summed E-state index contributed by atoms with van der Waals surface area (Å²) in [6, 6.07) is 19.9. The Morgan fingerprint density at radius 2 is 1.22 bits per heavy atom. The average molecular weight is 359 g/mol. The number of hydrogen-bond donors (Lipinski definition) is 0.